The van der Waals surface area contributed by atoms with E-state index in [2.05, 4.69) is 10.2 Å². The molecule has 1 aliphatic heterocycles. The number of para-hydroxylation sites is 3. The van der Waals surface area contributed by atoms with Crippen LogP contribution < -0.4 is 15.1 Å². The van der Waals surface area contributed by atoms with E-state index in [4.69, 9.17) is 4.74 Å². The Morgan fingerprint density at radius 2 is 1.70 bits per heavy atom. The molecule has 1 saturated heterocycles. The lowest BCUT2D eigenvalue weighted by Crippen LogP contribution is -2.37. The number of rotatable bonds is 6. The Morgan fingerprint density at radius 3 is 2.41 bits per heavy atom. The maximum Gasteiger partial charge on any atom is 0.226 e. The van der Waals surface area contributed by atoms with Crippen molar-refractivity contribution in [1.82, 2.24) is 0 Å². The molecule has 0 spiro atoms. The third kappa shape index (κ3) is 5.08. The highest BCUT2D eigenvalue weighted by molar-refractivity contribution is 5.96. The van der Waals surface area contributed by atoms with Gasteiger partial charge in [-0.05, 0) is 24.3 Å². The van der Waals surface area contributed by atoms with Gasteiger partial charge in [-0.25, -0.2) is 0 Å². The van der Waals surface area contributed by atoms with Gasteiger partial charge in [-0.3, -0.25) is 9.59 Å². The van der Waals surface area contributed by atoms with Gasteiger partial charge in [0.1, 0.15) is 0 Å². The van der Waals surface area contributed by atoms with Crippen molar-refractivity contribution in [2.45, 2.75) is 13.3 Å². The highest BCUT2D eigenvalue weighted by Crippen LogP contribution is 2.26. The van der Waals surface area contributed by atoms with E-state index in [0.717, 1.165) is 30.2 Å². The number of anilines is 3. The summed E-state index contributed by atoms with van der Waals surface area (Å²) < 4.78 is 5.41. The Morgan fingerprint density at radius 1 is 1.04 bits per heavy atom. The first-order chi connectivity index (χ1) is 13.1. The lowest BCUT2D eigenvalue weighted by Gasteiger charge is -2.30. The molecule has 0 aliphatic carbocycles. The van der Waals surface area contributed by atoms with Crippen LogP contribution in [0.3, 0.4) is 0 Å². The fourth-order valence-corrected chi connectivity index (χ4v) is 3.16. The summed E-state index contributed by atoms with van der Waals surface area (Å²) in [6.07, 6.45) is 0.228. The number of hydrogen-bond acceptors (Lipinski definition) is 4. The first-order valence-corrected chi connectivity index (χ1v) is 9.20. The van der Waals surface area contributed by atoms with Gasteiger partial charge in [0.05, 0.1) is 24.6 Å². The predicted molar refractivity (Wildman–Crippen MR) is 107 cm³/mol. The molecule has 2 amide bonds. The third-order valence-electron chi connectivity index (χ3n) is 4.54. The second kappa shape index (κ2) is 9.19. The maximum atomic E-state index is 12.5. The van der Waals surface area contributed by atoms with Crippen LogP contribution in [0.4, 0.5) is 17.1 Å². The van der Waals surface area contributed by atoms with Crippen molar-refractivity contribution in [1.29, 1.82) is 0 Å². The molecule has 1 fully saturated rings. The van der Waals surface area contributed by atoms with Crippen LogP contribution in [-0.2, 0) is 14.3 Å². The van der Waals surface area contributed by atoms with Gasteiger partial charge in [0, 0.05) is 38.7 Å². The monoisotopic (exact) mass is 367 g/mol. The summed E-state index contributed by atoms with van der Waals surface area (Å²) in [5.41, 5.74) is 2.59. The van der Waals surface area contributed by atoms with E-state index >= 15 is 0 Å². The summed E-state index contributed by atoms with van der Waals surface area (Å²) in [5, 5.41) is 2.99. The molecule has 2 aromatic carbocycles. The molecular formula is C21H25N3O3. The molecule has 0 radical (unpaired) electrons. The molecule has 3 rings (SSSR count). The van der Waals surface area contributed by atoms with E-state index in [9.17, 15) is 9.59 Å². The van der Waals surface area contributed by atoms with E-state index in [1.165, 1.54) is 6.92 Å². The number of amides is 2. The van der Waals surface area contributed by atoms with E-state index in [1.54, 1.807) is 4.90 Å². The zero-order chi connectivity index (χ0) is 19.1. The summed E-state index contributed by atoms with van der Waals surface area (Å²) in [7, 11) is 0. The summed E-state index contributed by atoms with van der Waals surface area (Å²) >= 11 is 0. The van der Waals surface area contributed by atoms with Crippen LogP contribution in [0.25, 0.3) is 0 Å². The molecule has 0 saturated carbocycles. The maximum absolute atomic E-state index is 12.5. The Balaban J connectivity index is 1.63. The highest BCUT2D eigenvalue weighted by Gasteiger charge is 2.17. The smallest absolute Gasteiger partial charge is 0.226 e. The number of benzene rings is 2. The zero-order valence-electron chi connectivity index (χ0n) is 15.6. The van der Waals surface area contributed by atoms with Crippen LogP contribution >= 0.6 is 0 Å². The van der Waals surface area contributed by atoms with E-state index < -0.39 is 0 Å². The van der Waals surface area contributed by atoms with Gasteiger partial charge in [0.15, 0.2) is 0 Å². The van der Waals surface area contributed by atoms with Gasteiger partial charge in [-0.1, -0.05) is 30.3 Å². The molecule has 0 bridgehead atoms. The van der Waals surface area contributed by atoms with Gasteiger partial charge in [-0.2, -0.15) is 0 Å². The number of ether oxygens (including phenoxy) is 1. The summed E-state index contributed by atoms with van der Waals surface area (Å²) in [6, 6.07) is 17.2. The van der Waals surface area contributed by atoms with Gasteiger partial charge in [0.25, 0.3) is 0 Å². The van der Waals surface area contributed by atoms with Crippen molar-refractivity contribution in [2.24, 2.45) is 0 Å². The normalized spacial score (nSPS) is 13.9. The number of carbonyl (C=O) groups excluding carboxylic acids is 2. The molecule has 1 N–H and O–H groups in total. The second-order valence-electron chi connectivity index (χ2n) is 6.42. The number of morpholine rings is 1. The summed E-state index contributed by atoms with van der Waals surface area (Å²) in [5.74, 6) is -0.194. The quantitative estimate of drug-likeness (QED) is 0.853. The lowest BCUT2D eigenvalue weighted by atomic mass is 10.2. The van der Waals surface area contributed by atoms with Crippen molar-refractivity contribution in [3.05, 3.63) is 54.6 Å². The first-order valence-electron chi connectivity index (χ1n) is 9.20. The Hall–Kier alpha value is -2.86. The molecular weight excluding hydrogens is 342 g/mol. The minimum Gasteiger partial charge on any atom is -0.378 e. The van der Waals surface area contributed by atoms with Gasteiger partial charge >= 0.3 is 0 Å². The number of carbonyl (C=O) groups is 2. The molecule has 6 nitrogen and oxygen atoms in total. The minimum atomic E-state index is -0.113. The standard InChI is InChI=1S/C21H25N3O3/c1-17(25)24(18-7-3-2-4-8-18)12-11-21(26)22-19-9-5-6-10-20(19)23-13-15-27-16-14-23/h2-10H,11-16H2,1H3,(H,22,26). The van der Waals surface area contributed by atoms with E-state index in [1.807, 2.05) is 54.6 Å². The van der Waals surface area contributed by atoms with Crippen molar-refractivity contribution >= 4 is 28.9 Å². The first kappa shape index (κ1) is 18.9. The van der Waals surface area contributed by atoms with Crippen molar-refractivity contribution in [2.75, 3.05) is 48.0 Å². The van der Waals surface area contributed by atoms with Crippen molar-refractivity contribution in [3.63, 3.8) is 0 Å². The summed E-state index contributed by atoms with van der Waals surface area (Å²) in [4.78, 5) is 28.3. The number of hydrogen-bond donors (Lipinski definition) is 1. The third-order valence-corrected chi connectivity index (χ3v) is 4.54. The SMILES string of the molecule is CC(=O)N(CCC(=O)Nc1ccccc1N1CCOCC1)c1ccccc1. The molecule has 2 aromatic rings. The van der Waals surface area contributed by atoms with Crippen LogP contribution in [0.15, 0.2) is 54.6 Å². The number of nitrogens with zero attached hydrogens (tertiary/aromatic N) is 2. The lowest BCUT2D eigenvalue weighted by molar-refractivity contribution is -0.117. The van der Waals surface area contributed by atoms with Crippen molar-refractivity contribution < 1.29 is 14.3 Å². The van der Waals surface area contributed by atoms with E-state index in [-0.39, 0.29) is 18.2 Å². The number of nitrogens with one attached hydrogen (secondary N) is 1. The average Bonchev–Trinajstić information content (AvgIpc) is 2.70. The predicted octanol–water partition coefficient (Wildman–Crippen LogP) is 2.90. The molecule has 6 heteroatoms. The average molecular weight is 367 g/mol. The summed E-state index contributed by atoms with van der Waals surface area (Å²) in [6.45, 7) is 4.83. The molecule has 1 heterocycles. The largest absolute Gasteiger partial charge is 0.378 e. The Labute approximate surface area is 159 Å². The van der Waals surface area contributed by atoms with Crippen molar-refractivity contribution in [3.8, 4) is 0 Å². The van der Waals surface area contributed by atoms with Crippen LogP contribution in [0.2, 0.25) is 0 Å². The fourth-order valence-electron chi connectivity index (χ4n) is 3.16. The molecule has 27 heavy (non-hydrogen) atoms. The minimum absolute atomic E-state index is 0.0808. The molecule has 0 atom stereocenters. The van der Waals surface area contributed by atoms with E-state index in [0.29, 0.717) is 19.8 Å². The molecule has 0 unspecified atom stereocenters. The van der Waals surface area contributed by atoms with Gasteiger partial charge in [-0.15, -0.1) is 0 Å². The molecule has 142 valence electrons. The van der Waals surface area contributed by atoms with Crippen LogP contribution in [-0.4, -0.2) is 44.7 Å². The van der Waals surface area contributed by atoms with Crippen LogP contribution in [0.1, 0.15) is 13.3 Å². The molecule has 0 aromatic heterocycles. The van der Waals surface area contributed by atoms with Gasteiger partial charge < -0.3 is 19.9 Å². The Kier molecular flexibility index (Phi) is 6.44. The van der Waals surface area contributed by atoms with Crippen LogP contribution in [0, 0.1) is 0 Å². The topological polar surface area (TPSA) is 61.9 Å². The molecule has 1 aliphatic rings. The highest BCUT2D eigenvalue weighted by atomic mass is 16.5. The van der Waals surface area contributed by atoms with Crippen LogP contribution in [0.5, 0.6) is 0 Å². The zero-order valence-corrected chi connectivity index (χ0v) is 15.6. The van der Waals surface area contributed by atoms with Gasteiger partial charge in [0.2, 0.25) is 11.8 Å². The Bertz CT molecular complexity index is 773. The fraction of sp³-hybridized carbons (Fsp3) is 0.333. The second-order valence-corrected chi connectivity index (χ2v) is 6.42.